The van der Waals surface area contributed by atoms with Gasteiger partial charge in [-0.3, -0.25) is 9.59 Å². The Labute approximate surface area is 212 Å². The number of hydrogen-bond donors (Lipinski definition) is 2. The zero-order valence-electron chi connectivity index (χ0n) is 20.8. The minimum absolute atomic E-state index is 0.0431. The molecular weight excluding hydrogens is 489 g/mol. The van der Waals surface area contributed by atoms with Crippen LogP contribution in [0, 0.1) is 0 Å². The predicted octanol–water partition coefficient (Wildman–Crippen LogP) is 4.74. The Morgan fingerprint density at radius 2 is 1.92 bits per heavy atom. The second-order valence-corrected chi connectivity index (χ2v) is 8.54. The third kappa shape index (κ3) is 8.14. The smallest absolute Gasteiger partial charge is 0.417 e. The number of ether oxygens (including phenoxy) is 2. The third-order valence-corrected chi connectivity index (χ3v) is 5.17. The van der Waals surface area contributed by atoms with Crippen molar-refractivity contribution in [3.8, 4) is 28.5 Å². The molecule has 8 nitrogen and oxygen atoms in total. The molecule has 0 unspecified atom stereocenters. The van der Waals surface area contributed by atoms with Crippen molar-refractivity contribution < 1.29 is 27.4 Å². The van der Waals surface area contributed by atoms with Gasteiger partial charge in [-0.2, -0.15) is 13.2 Å². The summed E-state index contributed by atoms with van der Waals surface area (Å²) in [5.41, 5.74) is -0.870. The van der Waals surface area contributed by atoms with Crippen molar-refractivity contribution in [3.63, 3.8) is 0 Å². The zero-order valence-corrected chi connectivity index (χ0v) is 20.8. The number of amides is 1. The Morgan fingerprint density at radius 1 is 1.14 bits per heavy atom. The van der Waals surface area contributed by atoms with Crippen LogP contribution in [0.1, 0.15) is 44.7 Å². The van der Waals surface area contributed by atoms with Crippen molar-refractivity contribution in [3.05, 3.63) is 64.1 Å². The van der Waals surface area contributed by atoms with Crippen molar-refractivity contribution in [2.75, 3.05) is 13.2 Å². The first-order valence-electron chi connectivity index (χ1n) is 11.9. The van der Waals surface area contributed by atoms with Crippen LogP contribution in [0.25, 0.3) is 22.6 Å². The molecule has 0 atom stereocenters. The molecule has 1 amide bonds. The predicted molar refractivity (Wildman–Crippen MR) is 132 cm³/mol. The molecule has 0 aliphatic carbocycles. The van der Waals surface area contributed by atoms with E-state index < -0.39 is 17.3 Å². The van der Waals surface area contributed by atoms with Crippen molar-refractivity contribution >= 4 is 5.91 Å². The highest BCUT2D eigenvalue weighted by Crippen LogP contribution is 2.36. The standard InChI is InChI=1S/C26H29F3N4O4/c1-4-5-22(34)30-14-17-6-8-20(26(27,28)29)19(12-17)25-32-21(13-23(35)33-25)18-7-9-24(31-15-18)37-11-10-36-16(2)3/h6-9,12-13,15-16H,4-5,10-11,14H2,1-3H3,(H,30,34)(H,32,33,35). The summed E-state index contributed by atoms with van der Waals surface area (Å²) >= 11 is 0. The Hall–Kier alpha value is -3.73. The van der Waals surface area contributed by atoms with Crippen molar-refractivity contribution in [2.45, 2.75) is 52.4 Å². The van der Waals surface area contributed by atoms with Crippen LogP contribution in [0.15, 0.2) is 47.4 Å². The van der Waals surface area contributed by atoms with Crippen molar-refractivity contribution in [2.24, 2.45) is 0 Å². The van der Waals surface area contributed by atoms with Gasteiger partial charge in [0.05, 0.1) is 24.0 Å². The molecule has 3 rings (SSSR count). The van der Waals surface area contributed by atoms with Gasteiger partial charge in [0, 0.05) is 42.4 Å². The van der Waals surface area contributed by atoms with E-state index in [-0.39, 0.29) is 35.6 Å². The molecule has 0 saturated heterocycles. The number of nitrogens with one attached hydrogen (secondary N) is 2. The van der Waals surface area contributed by atoms with Gasteiger partial charge >= 0.3 is 6.18 Å². The van der Waals surface area contributed by atoms with Crippen LogP contribution < -0.4 is 15.6 Å². The van der Waals surface area contributed by atoms with E-state index in [9.17, 15) is 22.8 Å². The number of carbonyl (C=O) groups excluding carboxylic acids is 1. The molecule has 2 N–H and O–H groups in total. The quantitative estimate of drug-likeness (QED) is 0.355. The second-order valence-electron chi connectivity index (χ2n) is 8.54. The van der Waals surface area contributed by atoms with E-state index in [0.29, 0.717) is 43.1 Å². The maximum atomic E-state index is 13.8. The first-order valence-corrected chi connectivity index (χ1v) is 11.9. The van der Waals surface area contributed by atoms with Gasteiger partial charge in [0.25, 0.3) is 5.56 Å². The average molecular weight is 519 g/mol. The highest BCUT2D eigenvalue weighted by Gasteiger charge is 2.34. The first-order chi connectivity index (χ1) is 17.6. The molecule has 0 saturated carbocycles. The van der Waals surface area contributed by atoms with Crippen LogP contribution in [0.3, 0.4) is 0 Å². The molecule has 0 bridgehead atoms. The van der Waals surface area contributed by atoms with Crippen molar-refractivity contribution in [1.29, 1.82) is 0 Å². The lowest BCUT2D eigenvalue weighted by molar-refractivity contribution is -0.137. The molecule has 2 heterocycles. The van der Waals surface area contributed by atoms with Crippen LogP contribution in [-0.2, 0) is 22.3 Å². The van der Waals surface area contributed by atoms with Crippen LogP contribution >= 0.6 is 0 Å². The fourth-order valence-corrected chi connectivity index (χ4v) is 3.44. The molecule has 0 aliphatic heterocycles. The first kappa shape index (κ1) is 27.9. The minimum Gasteiger partial charge on any atom is -0.475 e. The van der Waals surface area contributed by atoms with Gasteiger partial charge in [0.15, 0.2) is 0 Å². The van der Waals surface area contributed by atoms with Crippen molar-refractivity contribution in [1.82, 2.24) is 20.3 Å². The summed E-state index contributed by atoms with van der Waals surface area (Å²) in [5.74, 6) is -0.120. The molecule has 0 radical (unpaired) electrons. The monoisotopic (exact) mass is 518 g/mol. The van der Waals surface area contributed by atoms with Gasteiger partial charge in [0.2, 0.25) is 11.8 Å². The Bertz CT molecular complexity index is 1260. The summed E-state index contributed by atoms with van der Waals surface area (Å²) in [6.07, 6.45) is -2.22. The molecule has 0 aliphatic rings. The largest absolute Gasteiger partial charge is 0.475 e. The van der Waals surface area contributed by atoms with E-state index in [1.165, 1.54) is 24.4 Å². The maximum Gasteiger partial charge on any atom is 0.417 e. The number of rotatable bonds is 11. The molecule has 37 heavy (non-hydrogen) atoms. The molecule has 2 aromatic heterocycles. The maximum absolute atomic E-state index is 13.8. The fraction of sp³-hybridized carbons (Fsp3) is 0.385. The van der Waals surface area contributed by atoms with Gasteiger partial charge in [-0.25, -0.2) is 9.97 Å². The third-order valence-electron chi connectivity index (χ3n) is 5.17. The Kier molecular flexibility index (Phi) is 9.40. The van der Waals surface area contributed by atoms with Gasteiger partial charge in [-0.1, -0.05) is 13.0 Å². The molecule has 11 heteroatoms. The summed E-state index contributed by atoms with van der Waals surface area (Å²) in [7, 11) is 0. The van der Waals surface area contributed by atoms with Crippen LogP contribution in [0.4, 0.5) is 13.2 Å². The molecule has 198 valence electrons. The molecular formula is C26H29F3N4O4. The van der Waals surface area contributed by atoms with Crippen LogP contribution in [0.2, 0.25) is 0 Å². The number of alkyl halides is 3. The van der Waals surface area contributed by atoms with E-state index in [2.05, 4.69) is 20.3 Å². The molecule has 0 fully saturated rings. The summed E-state index contributed by atoms with van der Waals surface area (Å²) in [6.45, 7) is 6.41. The zero-order chi connectivity index (χ0) is 27.0. The number of pyridine rings is 1. The molecule has 3 aromatic rings. The van der Waals surface area contributed by atoms with E-state index in [1.807, 2.05) is 20.8 Å². The topological polar surface area (TPSA) is 106 Å². The fourth-order valence-electron chi connectivity index (χ4n) is 3.44. The SMILES string of the molecule is CCCC(=O)NCc1ccc(C(F)(F)F)c(-c2nc(-c3ccc(OCCOC(C)C)nc3)cc(=O)[nH]2)c1. The number of H-pyrrole nitrogens is 1. The summed E-state index contributed by atoms with van der Waals surface area (Å²) in [4.78, 5) is 35.1. The van der Waals surface area contributed by atoms with Gasteiger partial charge in [-0.05, 0) is 44.0 Å². The summed E-state index contributed by atoms with van der Waals surface area (Å²) < 4.78 is 52.3. The lowest BCUT2D eigenvalue weighted by Crippen LogP contribution is -2.22. The van der Waals surface area contributed by atoms with Crippen LogP contribution in [-0.4, -0.2) is 40.2 Å². The van der Waals surface area contributed by atoms with Crippen LogP contribution in [0.5, 0.6) is 5.88 Å². The normalized spacial score (nSPS) is 11.5. The highest BCUT2D eigenvalue weighted by atomic mass is 19.4. The van der Waals surface area contributed by atoms with Gasteiger partial charge < -0.3 is 19.8 Å². The van der Waals surface area contributed by atoms with E-state index >= 15 is 0 Å². The second kappa shape index (κ2) is 12.5. The Balaban J connectivity index is 1.90. The number of benzene rings is 1. The number of nitrogens with zero attached hydrogens (tertiary/aromatic N) is 2. The Morgan fingerprint density at radius 3 is 2.57 bits per heavy atom. The molecule has 1 aromatic carbocycles. The number of halogens is 3. The number of aromatic nitrogens is 3. The number of hydrogen-bond acceptors (Lipinski definition) is 6. The lowest BCUT2D eigenvalue weighted by atomic mass is 10.0. The van der Waals surface area contributed by atoms with Gasteiger partial charge in [-0.15, -0.1) is 0 Å². The highest BCUT2D eigenvalue weighted by molar-refractivity contribution is 5.76. The van der Waals surface area contributed by atoms with Gasteiger partial charge in [0.1, 0.15) is 12.4 Å². The minimum atomic E-state index is -4.69. The van der Waals surface area contributed by atoms with E-state index in [0.717, 1.165) is 6.07 Å². The van der Waals surface area contributed by atoms with E-state index in [1.54, 1.807) is 12.1 Å². The number of aromatic amines is 1. The lowest BCUT2D eigenvalue weighted by Gasteiger charge is -2.15. The van der Waals surface area contributed by atoms with E-state index in [4.69, 9.17) is 9.47 Å². The molecule has 0 spiro atoms. The summed E-state index contributed by atoms with van der Waals surface area (Å²) in [5, 5.41) is 2.67. The average Bonchev–Trinajstić information content (AvgIpc) is 2.85. The summed E-state index contributed by atoms with van der Waals surface area (Å²) in [6, 6.07) is 7.84. The number of carbonyl (C=O) groups is 1.